The Bertz CT molecular complexity index is 251. The van der Waals surface area contributed by atoms with Crippen LogP contribution in [0.4, 0.5) is 0 Å². The molecule has 0 aromatic heterocycles. The molecular formula is C14H28N2O3. The van der Waals surface area contributed by atoms with Gasteiger partial charge in [0.2, 0.25) is 0 Å². The van der Waals surface area contributed by atoms with Gasteiger partial charge < -0.3 is 14.4 Å². The Morgan fingerprint density at radius 2 is 1.79 bits per heavy atom. The third-order valence-electron chi connectivity index (χ3n) is 3.17. The van der Waals surface area contributed by atoms with Crippen LogP contribution in [0.15, 0.2) is 0 Å². The van der Waals surface area contributed by atoms with Crippen LogP contribution in [0, 0.1) is 5.92 Å². The van der Waals surface area contributed by atoms with Crippen molar-refractivity contribution in [1.82, 2.24) is 9.80 Å². The lowest BCUT2D eigenvalue weighted by atomic mass is 10.2. The number of ether oxygens (including phenoxy) is 2. The van der Waals surface area contributed by atoms with Crippen LogP contribution in [0.2, 0.25) is 0 Å². The number of carbonyl (C=O) groups excluding carboxylic acids is 1. The summed E-state index contributed by atoms with van der Waals surface area (Å²) >= 11 is 0. The van der Waals surface area contributed by atoms with Gasteiger partial charge in [0.15, 0.2) is 0 Å². The Balaban J connectivity index is 2.02. The maximum atomic E-state index is 11.1. The smallest absolute Gasteiger partial charge is 0.332 e. The number of hydrogen-bond acceptors (Lipinski definition) is 5. The minimum atomic E-state index is -0.274. The number of esters is 1. The summed E-state index contributed by atoms with van der Waals surface area (Å²) in [6, 6.07) is 0. The average molecular weight is 272 g/mol. The lowest BCUT2D eigenvalue weighted by Crippen LogP contribution is -2.48. The zero-order chi connectivity index (χ0) is 14.1. The van der Waals surface area contributed by atoms with Gasteiger partial charge in [-0.05, 0) is 12.8 Å². The van der Waals surface area contributed by atoms with E-state index < -0.39 is 0 Å². The maximum absolute atomic E-state index is 11.1. The number of carbonyl (C=O) groups is 1. The summed E-state index contributed by atoms with van der Waals surface area (Å²) < 4.78 is 10.1. The van der Waals surface area contributed by atoms with Crippen molar-refractivity contribution in [2.24, 2.45) is 5.92 Å². The van der Waals surface area contributed by atoms with E-state index in [2.05, 4.69) is 23.6 Å². The number of rotatable bonds is 8. The largest absolute Gasteiger partial charge is 0.464 e. The Kier molecular flexibility index (Phi) is 8.02. The molecule has 0 aromatic carbocycles. The normalized spacial score (nSPS) is 17.9. The Morgan fingerprint density at radius 1 is 1.16 bits per heavy atom. The van der Waals surface area contributed by atoms with Gasteiger partial charge in [0.05, 0.1) is 13.2 Å². The van der Waals surface area contributed by atoms with Gasteiger partial charge in [-0.3, -0.25) is 4.90 Å². The van der Waals surface area contributed by atoms with Gasteiger partial charge in [0, 0.05) is 39.3 Å². The second-order valence-corrected chi connectivity index (χ2v) is 5.39. The highest BCUT2D eigenvalue weighted by Crippen LogP contribution is 2.04. The zero-order valence-electron chi connectivity index (χ0n) is 12.6. The van der Waals surface area contributed by atoms with E-state index in [1.54, 1.807) is 6.92 Å². The average Bonchev–Trinajstić information content (AvgIpc) is 2.36. The molecule has 19 heavy (non-hydrogen) atoms. The highest BCUT2D eigenvalue weighted by molar-refractivity contribution is 5.70. The van der Waals surface area contributed by atoms with E-state index in [0.717, 1.165) is 38.6 Å². The van der Waals surface area contributed by atoms with Gasteiger partial charge in [-0.1, -0.05) is 13.8 Å². The molecule has 0 unspecified atom stereocenters. The van der Waals surface area contributed by atoms with Crippen LogP contribution in [-0.2, 0) is 14.3 Å². The minimum absolute atomic E-state index is 0.0706. The molecule has 0 bridgehead atoms. The first-order chi connectivity index (χ1) is 9.11. The van der Waals surface area contributed by atoms with Gasteiger partial charge in [-0.2, -0.15) is 0 Å². The maximum Gasteiger partial charge on any atom is 0.332 e. The van der Waals surface area contributed by atoms with Crippen LogP contribution in [0.3, 0.4) is 0 Å². The molecule has 5 heteroatoms. The summed E-state index contributed by atoms with van der Waals surface area (Å²) in [7, 11) is 0. The van der Waals surface area contributed by atoms with Crippen LogP contribution in [0.1, 0.15) is 20.8 Å². The molecule has 0 aliphatic carbocycles. The summed E-state index contributed by atoms with van der Waals surface area (Å²) in [5.74, 6) is 0.462. The van der Waals surface area contributed by atoms with Crippen LogP contribution in [0.25, 0.3) is 0 Å². The van der Waals surface area contributed by atoms with Crippen molar-refractivity contribution in [3.8, 4) is 0 Å². The molecule has 1 rings (SSSR count). The number of nitrogens with zero attached hydrogens (tertiary/aromatic N) is 2. The van der Waals surface area contributed by atoms with Crippen molar-refractivity contribution in [2.75, 3.05) is 59.1 Å². The van der Waals surface area contributed by atoms with E-state index in [9.17, 15) is 4.79 Å². The summed E-state index contributed by atoms with van der Waals surface area (Å²) in [6.07, 6.45) is 0. The quantitative estimate of drug-likeness (QED) is 0.484. The van der Waals surface area contributed by atoms with Crippen LogP contribution < -0.4 is 0 Å². The monoisotopic (exact) mass is 272 g/mol. The van der Waals surface area contributed by atoms with E-state index in [1.165, 1.54) is 6.54 Å². The Hall–Kier alpha value is -0.650. The van der Waals surface area contributed by atoms with Gasteiger partial charge in [-0.25, -0.2) is 4.79 Å². The molecular weight excluding hydrogens is 244 g/mol. The molecule has 1 saturated heterocycles. The molecule has 0 radical (unpaired) electrons. The molecule has 1 aliphatic rings. The molecule has 0 saturated carbocycles. The lowest BCUT2D eigenvalue weighted by Gasteiger charge is -2.35. The topological polar surface area (TPSA) is 42.0 Å². The third-order valence-corrected chi connectivity index (χ3v) is 3.17. The first kappa shape index (κ1) is 16.4. The standard InChI is InChI=1S/C14H28N2O3/c1-4-19-14(17)12-18-10-9-15-5-7-16(8-6-15)11-13(2)3/h13H,4-12H2,1-3H3. The first-order valence-corrected chi connectivity index (χ1v) is 7.30. The molecule has 5 nitrogen and oxygen atoms in total. The van der Waals surface area contributed by atoms with Gasteiger partial charge in [0.1, 0.15) is 6.61 Å². The summed E-state index contributed by atoms with van der Waals surface area (Å²) in [5, 5.41) is 0. The molecule has 1 aliphatic heterocycles. The van der Waals surface area contributed by atoms with E-state index in [-0.39, 0.29) is 12.6 Å². The van der Waals surface area contributed by atoms with Crippen molar-refractivity contribution in [3.05, 3.63) is 0 Å². The first-order valence-electron chi connectivity index (χ1n) is 7.30. The predicted octanol–water partition coefficient (Wildman–Crippen LogP) is 0.840. The molecule has 112 valence electrons. The van der Waals surface area contributed by atoms with Crippen LogP contribution in [0.5, 0.6) is 0 Å². The van der Waals surface area contributed by atoms with Crippen molar-refractivity contribution in [2.45, 2.75) is 20.8 Å². The summed E-state index contributed by atoms with van der Waals surface area (Å²) in [6.45, 7) is 13.9. The van der Waals surface area contributed by atoms with Crippen LogP contribution in [-0.4, -0.2) is 74.9 Å². The Morgan fingerprint density at radius 3 is 2.37 bits per heavy atom. The van der Waals surface area contributed by atoms with Crippen molar-refractivity contribution in [3.63, 3.8) is 0 Å². The van der Waals surface area contributed by atoms with Gasteiger partial charge in [0.25, 0.3) is 0 Å². The van der Waals surface area contributed by atoms with Crippen molar-refractivity contribution < 1.29 is 14.3 Å². The molecule has 0 amide bonds. The predicted molar refractivity (Wildman–Crippen MR) is 75.2 cm³/mol. The van der Waals surface area contributed by atoms with E-state index in [1.807, 2.05) is 0 Å². The molecule has 0 N–H and O–H groups in total. The van der Waals surface area contributed by atoms with E-state index in [4.69, 9.17) is 9.47 Å². The second-order valence-electron chi connectivity index (χ2n) is 5.39. The lowest BCUT2D eigenvalue weighted by molar-refractivity contribution is -0.148. The van der Waals surface area contributed by atoms with Crippen molar-refractivity contribution in [1.29, 1.82) is 0 Å². The Labute approximate surface area is 116 Å². The highest BCUT2D eigenvalue weighted by Gasteiger charge is 2.17. The van der Waals surface area contributed by atoms with Crippen molar-refractivity contribution >= 4 is 5.97 Å². The third kappa shape index (κ3) is 7.50. The van der Waals surface area contributed by atoms with E-state index in [0.29, 0.717) is 13.2 Å². The fourth-order valence-corrected chi connectivity index (χ4v) is 2.26. The van der Waals surface area contributed by atoms with Gasteiger partial charge >= 0.3 is 5.97 Å². The molecule has 1 heterocycles. The SMILES string of the molecule is CCOC(=O)COCCN1CCN(CC(C)C)CC1. The molecule has 0 atom stereocenters. The molecule has 0 spiro atoms. The minimum Gasteiger partial charge on any atom is -0.464 e. The summed E-state index contributed by atoms with van der Waals surface area (Å²) in [5.41, 5.74) is 0. The highest BCUT2D eigenvalue weighted by atomic mass is 16.6. The molecule has 0 aromatic rings. The fraction of sp³-hybridized carbons (Fsp3) is 0.929. The van der Waals surface area contributed by atoms with Crippen LogP contribution >= 0.6 is 0 Å². The number of piperazine rings is 1. The summed E-state index contributed by atoms with van der Waals surface area (Å²) in [4.78, 5) is 16.0. The fourth-order valence-electron chi connectivity index (χ4n) is 2.26. The van der Waals surface area contributed by atoms with E-state index >= 15 is 0 Å². The molecule has 1 fully saturated rings. The second kappa shape index (κ2) is 9.28. The zero-order valence-corrected chi connectivity index (χ0v) is 12.6. The number of hydrogen-bond donors (Lipinski definition) is 0. The van der Waals surface area contributed by atoms with Gasteiger partial charge in [-0.15, -0.1) is 0 Å².